The van der Waals surface area contributed by atoms with Gasteiger partial charge in [-0.3, -0.25) is 4.79 Å². The zero-order chi connectivity index (χ0) is 19.1. The molecule has 3 nitrogen and oxygen atoms in total. The highest BCUT2D eigenvalue weighted by molar-refractivity contribution is 5.75. The number of fused-ring (bicyclic) bond motifs is 2. The fourth-order valence-corrected chi connectivity index (χ4v) is 5.70. The lowest BCUT2D eigenvalue weighted by atomic mass is 9.56. The highest BCUT2D eigenvalue weighted by Crippen LogP contribution is 2.53. The third-order valence-corrected chi connectivity index (χ3v) is 6.78. The average Bonchev–Trinajstić information content (AvgIpc) is 2.55. The third-order valence-electron chi connectivity index (χ3n) is 6.78. The Bertz CT molecular complexity index is 475. The molecule has 0 aliphatic heterocycles. The fourth-order valence-electron chi connectivity index (χ4n) is 5.70. The average molecular weight is 365 g/mol. The van der Waals surface area contributed by atoms with Crippen molar-refractivity contribution in [1.29, 1.82) is 0 Å². The number of carbonyl (C=O) groups is 1. The van der Waals surface area contributed by atoms with Gasteiger partial charge in [0.2, 0.25) is 0 Å². The van der Waals surface area contributed by atoms with Gasteiger partial charge >= 0.3 is 5.97 Å². The van der Waals surface area contributed by atoms with E-state index in [2.05, 4.69) is 20.8 Å². The first-order valence-electron chi connectivity index (χ1n) is 11.0. The van der Waals surface area contributed by atoms with E-state index in [9.17, 15) is 4.79 Å². The van der Waals surface area contributed by atoms with E-state index in [1.807, 2.05) is 20.8 Å². The van der Waals surface area contributed by atoms with Gasteiger partial charge in [0, 0.05) is 11.8 Å². The molecule has 3 aliphatic carbocycles. The minimum Gasteiger partial charge on any atom is -0.461 e. The molecule has 3 saturated carbocycles. The Morgan fingerprint density at radius 2 is 1.08 bits per heavy atom. The van der Waals surface area contributed by atoms with Crippen molar-refractivity contribution < 1.29 is 14.3 Å². The van der Waals surface area contributed by atoms with Crippen LogP contribution in [0.4, 0.5) is 0 Å². The second-order valence-electron chi connectivity index (χ2n) is 11.0. The van der Waals surface area contributed by atoms with E-state index in [-0.39, 0.29) is 17.7 Å². The van der Waals surface area contributed by atoms with E-state index in [0.717, 1.165) is 0 Å². The third kappa shape index (κ3) is 4.29. The quantitative estimate of drug-likeness (QED) is 0.585. The molecule has 0 N–H and O–H groups in total. The van der Waals surface area contributed by atoms with Crippen molar-refractivity contribution in [2.24, 2.45) is 29.1 Å². The summed E-state index contributed by atoms with van der Waals surface area (Å²) < 4.78 is 13.0. The van der Waals surface area contributed by atoms with Gasteiger partial charge in [-0.05, 0) is 79.1 Å². The van der Waals surface area contributed by atoms with Crippen LogP contribution in [0.15, 0.2) is 0 Å². The van der Waals surface area contributed by atoms with Crippen molar-refractivity contribution in [2.75, 3.05) is 0 Å². The Morgan fingerprint density at radius 1 is 0.692 bits per heavy atom. The SMILES string of the molecule is CC(C)(C)OC1C2CCCCC2C(OC(=O)C(C)(C)C)C2CCCCC21. The maximum absolute atomic E-state index is 12.7. The molecule has 0 aromatic rings. The van der Waals surface area contributed by atoms with Crippen LogP contribution in [0.2, 0.25) is 0 Å². The predicted molar refractivity (Wildman–Crippen MR) is 105 cm³/mol. The summed E-state index contributed by atoms with van der Waals surface area (Å²) in [5, 5.41) is 0. The van der Waals surface area contributed by atoms with Gasteiger partial charge < -0.3 is 9.47 Å². The summed E-state index contributed by atoms with van der Waals surface area (Å²) in [6, 6.07) is 0. The van der Waals surface area contributed by atoms with Gasteiger partial charge in [-0.25, -0.2) is 0 Å². The highest BCUT2D eigenvalue weighted by Gasteiger charge is 2.54. The molecule has 150 valence electrons. The molecule has 0 saturated heterocycles. The summed E-state index contributed by atoms with van der Waals surface area (Å²) in [5.74, 6) is 2.06. The summed E-state index contributed by atoms with van der Waals surface area (Å²) in [7, 11) is 0. The Kier molecular flexibility index (Phi) is 5.78. The van der Waals surface area contributed by atoms with Gasteiger partial charge in [-0.15, -0.1) is 0 Å². The first kappa shape index (κ1) is 20.2. The van der Waals surface area contributed by atoms with Crippen LogP contribution in [0.3, 0.4) is 0 Å². The molecule has 3 heteroatoms. The molecule has 0 aromatic carbocycles. The predicted octanol–water partition coefficient (Wildman–Crippen LogP) is 5.75. The number of carbonyl (C=O) groups excluding carboxylic acids is 1. The van der Waals surface area contributed by atoms with Gasteiger partial charge in [-0.2, -0.15) is 0 Å². The molecule has 3 fully saturated rings. The second-order valence-corrected chi connectivity index (χ2v) is 11.0. The molecule has 0 amide bonds. The molecule has 0 spiro atoms. The standard InChI is InChI=1S/C23H40O3/c1-22(2,3)21(24)25-19-15-11-7-9-13-17(15)20(26-23(4,5)6)18-14-10-8-12-16(18)19/h15-20H,7-14H2,1-6H3. The zero-order valence-electron chi connectivity index (χ0n) is 17.8. The number of ether oxygens (including phenoxy) is 2. The molecule has 0 radical (unpaired) electrons. The van der Waals surface area contributed by atoms with Crippen molar-refractivity contribution in [1.82, 2.24) is 0 Å². The minimum atomic E-state index is -0.424. The lowest BCUT2D eigenvalue weighted by molar-refractivity contribution is -0.214. The van der Waals surface area contributed by atoms with E-state index < -0.39 is 5.41 Å². The van der Waals surface area contributed by atoms with Crippen LogP contribution in [0.1, 0.15) is 92.9 Å². The van der Waals surface area contributed by atoms with Crippen LogP contribution in [-0.4, -0.2) is 23.8 Å². The van der Waals surface area contributed by atoms with Crippen molar-refractivity contribution in [2.45, 2.75) is 111 Å². The first-order chi connectivity index (χ1) is 12.1. The van der Waals surface area contributed by atoms with Crippen molar-refractivity contribution in [3.05, 3.63) is 0 Å². The van der Waals surface area contributed by atoms with Crippen LogP contribution >= 0.6 is 0 Å². The number of rotatable bonds is 2. The minimum absolute atomic E-state index is 0.0219. The van der Waals surface area contributed by atoms with E-state index in [0.29, 0.717) is 29.8 Å². The van der Waals surface area contributed by atoms with E-state index in [1.54, 1.807) is 0 Å². The summed E-state index contributed by atoms with van der Waals surface area (Å²) in [4.78, 5) is 12.7. The molecule has 3 rings (SSSR count). The molecule has 0 aromatic heterocycles. The van der Waals surface area contributed by atoms with Crippen LogP contribution in [0.5, 0.6) is 0 Å². The first-order valence-corrected chi connectivity index (χ1v) is 11.0. The molecule has 26 heavy (non-hydrogen) atoms. The zero-order valence-corrected chi connectivity index (χ0v) is 17.8. The largest absolute Gasteiger partial charge is 0.461 e. The van der Waals surface area contributed by atoms with Crippen molar-refractivity contribution in [3.8, 4) is 0 Å². The summed E-state index contributed by atoms with van der Waals surface area (Å²) >= 11 is 0. The van der Waals surface area contributed by atoms with Crippen LogP contribution in [-0.2, 0) is 14.3 Å². The number of esters is 1. The molecule has 4 atom stereocenters. The maximum atomic E-state index is 12.7. The normalized spacial score (nSPS) is 38.2. The summed E-state index contributed by atoms with van der Waals surface area (Å²) in [6.07, 6.45) is 10.4. The molecule has 0 bridgehead atoms. The lowest BCUT2D eigenvalue weighted by Crippen LogP contribution is -2.58. The Morgan fingerprint density at radius 3 is 1.42 bits per heavy atom. The summed E-state index contributed by atoms with van der Waals surface area (Å²) in [6.45, 7) is 12.5. The van der Waals surface area contributed by atoms with Gasteiger partial charge in [0.15, 0.2) is 0 Å². The Labute approximate surface area is 160 Å². The molecule has 3 aliphatic rings. The van der Waals surface area contributed by atoms with Crippen LogP contribution < -0.4 is 0 Å². The van der Waals surface area contributed by atoms with E-state index in [1.165, 1.54) is 51.4 Å². The van der Waals surface area contributed by atoms with Crippen LogP contribution in [0, 0.1) is 29.1 Å². The lowest BCUT2D eigenvalue weighted by Gasteiger charge is -2.55. The topological polar surface area (TPSA) is 35.5 Å². The fraction of sp³-hybridized carbons (Fsp3) is 0.957. The smallest absolute Gasteiger partial charge is 0.311 e. The van der Waals surface area contributed by atoms with E-state index in [4.69, 9.17) is 9.47 Å². The van der Waals surface area contributed by atoms with Crippen LogP contribution in [0.25, 0.3) is 0 Å². The highest BCUT2D eigenvalue weighted by atomic mass is 16.5. The van der Waals surface area contributed by atoms with Gasteiger partial charge in [-0.1, -0.05) is 25.7 Å². The summed E-state index contributed by atoms with van der Waals surface area (Å²) in [5.41, 5.74) is -0.531. The Hall–Kier alpha value is -0.570. The van der Waals surface area contributed by atoms with Gasteiger partial charge in [0.05, 0.1) is 17.1 Å². The second kappa shape index (κ2) is 7.45. The maximum Gasteiger partial charge on any atom is 0.311 e. The van der Waals surface area contributed by atoms with Crippen molar-refractivity contribution in [3.63, 3.8) is 0 Å². The molecule has 4 unspecified atom stereocenters. The molecular formula is C23H40O3. The molecular weight excluding hydrogens is 324 g/mol. The number of hydrogen-bond acceptors (Lipinski definition) is 3. The number of hydrogen-bond donors (Lipinski definition) is 0. The monoisotopic (exact) mass is 364 g/mol. The van der Waals surface area contributed by atoms with Crippen molar-refractivity contribution >= 4 is 5.97 Å². The van der Waals surface area contributed by atoms with Gasteiger partial charge in [0.25, 0.3) is 0 Å². The van der Waals surface area contributed by atoms with Gasteiger partial charge in [0.1, 0.15) is 6.10 Å². The van der Waals surface area contributed by atoms with E-state index >= 15 is 0 Å². The molecule has 0 heterocycles. The Balaban J connectivity index is 1.89.